The van der Waals surface area contributed by atoms with Crippen molar-refractivity contribution in [3.8, 4) is 0 Å². The van der Waals surface area contributed by atoms with E-state index in [9.17, 15) is 4.79 Å². The first-order valence-corrected chi connectivity index (χ1v) is 6.72. The van der Waals surface area contributed by atoms with Gasteiger partial charge in [-0.25, -0.2) is 0 Å². The molecule has 96 valence electrons. The molecule has 0 bridgehead atoms. The molecule has 18 heavy (non-hydrogen) atoms. The second-order valence-corrected chi connectivity index (χ2v) is 5.94. The molecule has 0 heterocycles. The molecular weight excluding hydrogens is 224 g/mol. The molecule has 1 amide bonds. The van der Waals surface area contributed by atoms with Crippen molar-refractivity contribution in [2.24, 2.45) is 17.8 Å². The van der Waals surface area contributed by atoms with E-state index in [-0.39, 0.29) is 11.8 Å². The maximum absolute atomic E-state index is 12.2. The van der Waals surface area contributed by atoms with Crippen molar-refractivity contribution in [2.45, 2.75) is 33.1 Å². The topological polar surface area (TPSA) is 55.1 Å². The Morgan fingerprint density at radius 3 is 2.50 bits per heavy atom. The zero-order valence-corrected chi connectivity index (χ0v) is 11.0. The number of fused-ring (bicyclic) bond motifs is 1. The molecule has 2 saturated carbocycles. The normalized spacial score (nSPS) is 28.9. The van der Waals surface area contributed by atoms with E-state index in [4.69, 9.17) is 5.73 Å². The van der Waals surface area contributed by atoms with Crippen LogP contribution in [0.1, 0.15) is 30.4 Å². The minimum atomic E-state index is 0.189. The molecule has 2 atom stereocenters. The van der Waals surface area contributed by atoms with Gasteiger partial charge in [-0.2, -0.15) is 0 Å². The van der Waals surface area contributed by atoms with Gasteiger partial charge < -0.3 is 11.1 Å². The molecule has 3 nitrogen and oxygen atoms in total. The summed E-state index contributed by atoms with van der Waals surface area (Å²) < 4.78 is 0. The molecule has 2 unspecified atom stereocenters. The summed E-state index contributed by atoms with van der Waals surface area (Å²) in [6, 6.07) is 3.90. The lowest BCUT2D eigenvalue weighted by Crippen LogP contribution is -2.22. The molecule has 1 aromatic carbocycles. The van der Waals surface area contributed by atoms with Crippen LogP contribution < -0.4 is 11.1 Å². The van der Waals surface area contributed by atoms with Crippen LogP contribution in [0.5, 0.6) is 0 Å². The molecule has 2 fully saturated rings. The maximum Gasteiger partial charge on any atom is 0.227 e. The van der Waals surface area contributed by atoms with E-state index >= 15 is 0 Å². The van der Waals surface area contributed by atoms with Crippen LogP contribution >= 0.6 is 0 Å². The summed E-state index contributed by atoms with van der Waals surface area (Å²) in [4.78, 5) is 12.2. The Kier molecular flexibility index (Phi) is 2.58. The highest BCUT2D eigenvalue weighted by Crippen LogP contribution is 2.54. The summed E-state index contributed by atoms with van der Waals surface area (Å²) in [6.45, 7) is 3.95. The number of aryl methyl sites for hydroxylation is 2. The summed E-state index contributed by atoms with van der Waals surface area (Å²) in [5.41, 5.74) is 9.60. The van der Waals surface area contributed by atoms with Gasteiger partial charge in [0.2, 0.25) is 5.91 Å². The molecule has 1 aromatic rings. The van der Waals surface area contributed by atoms with Gasteiger partial charge in [0.15, 0.2) is 0 Å². The highest BCUT2D eigenvalue weighted by Gasteiger charge is 2.47. The van der Waals surface area contributed by atoms with Crippen LogP contribution in [0.3, 0.4) is 0 Å². The van der Waals surface area contributed by atoms with E-state index in [1.165, 1.54) is 6.42 Å². The van der Waals surface area contributed by atoms with Crippen molar-refractivity contribution in [2.75, 3.05) is 11.1 Å². The lowest BCUT2D eigenvalue weighted by atomic mass is 10.0. The first-order valence-electron chi connectivity index (χ1n) is 6.72. The van der Waals surface area contributed by atoms with E-state index in [1.807, 2.05) is 26.0 Å². The molecule has 3 heteroatoms. The number of hydrogen-bond acceptors (Lipinski definition) is 2. The zero-order chi connectivity index (χ0) is 12.9. The molecular formula is C15H20N2O. The average Bonchev–Trinajstić information content (AvgIpc) is 2.93. The summed E-state index contributed by atoms with van der Waals surface area (Å²) >= 11 is 0. The molecule has 0 aliphatic heterocycles. The summed E-state index contributed by atoms with van der Waals surface area (Å²) in [7, 11) is 0. The predicted molar refractivity (Wildman–Crippen MR) is 73.3 cm³/mol. The molecule has 3 N–H and O–H groups in total. The Morgan fingerprint density at radius 2 is 1.83 bits per heavy atom. The van der Waals surface area contributed by atoms with E-state index < -0.39 is 0 Å². The minimum Gasteiger partial charge on any atom is -0.399 e. The summed E-state index contributed by atoms with van der Waals surface area (Å²) in [5.74, 6) is 2.10. The minimum absolute atomic E-state index is 0.189. The molecule has 2 aliphatic rings. The Hall–Kier alpha value is -1.51. The van der Waals surface area contributed by atoms with Crippen LogP contribution in [0.15, 0.2) is 12.1 Å². The van der Waals surface area contributed by atoms with Gasteiger partial charge in [0, 0.05) is 17.3 Å². The van der Waals surface area contributed by atoms with Gasteiger partial charge in [-0.1, -0.05) is 0 Å². The number of carbonyl (C=O) groups is 1. The SMILES string of the molecule is Cc1cc(NC(=O)C2CC3CC3C2)c(C)cc1N. The monoisotopic (exact) mass is 244 g/mol. The maximum atomic E-state index is 12.2. The second kappa shape index (κ2) is 4.01. The molecule has 0 saturated heterocycles. The number of nitrogens with one attached hydrogen (secondary N) is 1. The quantitative estimate of drug-likeness (QED) is 0.786. The number of benzene rings is 1. The third-order valence-electron chi connectivity index (χ3n) is 4.49. The van der Waals surface area contributed by atoms with Crippen molar-refractivity contribution in [1.82, 2.24) is 0 Å². The zero-order valence-electron chi connectivity index (χ0n) is 11.0. The fraction of sp³-hybridized carbons (Fsp3) is 0.533. The lowest BCUT2D eigenvalue weighted by molar-refractivity contribution is -0.120. The number of rotatable bonds is 2. The first-order chi connectivity index (χ1) is 8.54. The van der Waals surface area contributed by atoms with Crippen LogP contribution in [-0.4, -0.2) is 5.91 Å². The van der Waals surface area contributed by atoms with Gasteiger partial charge in [0.05, 0.1) is 0 Å². The Balaban J connectivity index is 1.72. The Bertz CT molecular complexity index is 499. The molecule has 3 rings (SSSR count). The largest absolute Gasteiger partial charge is 0.399 e. The number of hydrogen-bond donors (Lipinski definition) is 2. The number of anilines is 2. The highest BCUT2D eigenvalue weighted by atomic mass is 16.1. The average molecular weight is 244 g/mol. The van der Waals surface area contributed by atoms with Crippen molar-refractivity contribution >= 4 is 17.3 Å². The molecule has 0 aromatic heterocycles. The van der Waals surface area contributed by atoms with Crippen LogP contribution in [0.25, 0.3) is 0 Å². The van der Waals surface area contributed by atoms with Crippen LogP contribution in [0.4, 0.5) is 11.4 Å². The first kappa shape index (κ1) is 11.6. The number of nitrogen functional groups attached to an aromatic ring is 1. The second-order valence-electron chi connectivity index (χ2n) is 5.94. The number of carbonyl (C=O) groups excluding carboxylic acids is 1. The van der Waals surface area contributed by atoms with E-state index in [2.05, 4.69) is 5.32 Å². The van der Waals surface area contributed by atoms with Gasteiger partial charge in [-0.15, -0.1) is 0 Å². The summed E-state index contributed by atoms with van der Waals surface area (Å²) in [6.07, 6.45) is 3.52. The fourth-order valence-corrected chi connectivity index (χ4v) is 3.14. The van der Waals surface area contributed by atoms with Crippen molar-refractivity contribution < 1.29 is 4.79 Å². The van der Waals surface area contributed by atoms with Gasteiger partial charge in [-0.3, -0.25) is 4.79 Å². The van der Waals surface area contributed by atoms with Crippen molar-refractivity contribution in [3.63, 3.8) is 0 Å². The summed E-state index contributed by atoms with van der Waals surface area (Å²) in [5, 5.41) is 3.07. The number of amides is 1. The van der Waals surface area contributed by atoms with Gasteiger partial charge in [0.25, 0.3) is 0 Å². The van der Waals surface area contributed by atoms with Crippen LogP contribution in [-0.2, 0) is 4.79 Å². The predicted octanol–water partition coefficient (Wildman–Crippen LogP) is 2.87. The Labute approximate surface area is 108 Å². The van der Waals surface area contributed by atoms with Crippen LogP contribution in [0.2, 0.25) is 0 Å². The lowest BCUT2D eigenvalue weighted by Gasteiger charge is -2.15. The third-order valence-corrected chi connectivity index (χ3v) is 4.49. The van der Waals surface area contributed by atoms with E-state index in [1.54, 1.807) is 0 Å². The smallest absolute Gasteiger partial charge is 0.227 e. The van der Waals surface area contributed by atoms with Crippen LogP contribution in [0, 0.1) is 31.6 Å². The molecule has 0 radical (unpaired) electrons. The standard InChI is InChI=1S/C15H20N2O/c1-8-4-14(9(2)3-13(8)16)17-15(18)12-6-10-5-11(10)7-12/h3-4,10-12H,5-7,16H2,1-2H3,(H,17,18). The van der Waals surface area contributed by atoms with Crippen molar-refractivity contribution in [1.29, 1.82) is 0 Å². The van der Waals surface area contributed by atoms with E-state index in [0.717, 1.165) is 47.2 Å². The van der Waals surface area contributed by atoms with Gasteiger partial charge >= 0.3 is 0 Å². The molecule has 2 aliphatic carbocycles. The van der Waals surface area contributed by atoms with Crippen molar-refractivity contribution in [3.05, 3.63) is 23.3 Å². The number of nitrogens with two attached hydrogens (primary N) is 1. The third kappa shape index (κ3) is 1.98. The highest BCUT2D eigenvalue weighted by molar-refractivity contribution is 5.94. The van der Waals surface area contributed by atoms with Gasteiger partial charge in [-0.05, 0) is 68.2 Å². The van der Waals surface area contributed by atoms with Gasteiger partial charge in [0.1, 0.15) is 0 Å². The van der Waals surface area contributed by atoms with E-state index in [0.29, 0.717) is 0 Å². The Morgan fingerprint density at radius 1 is 1.17 bits per heavy atom. The fourth-order valence-electron chi connectivity index (χ4n) is 3.14. The molecule has 0 spiro atoms.